The standard InChI is InChI=1S/C17H26N2O2/c1-14-5-3-7-16(11-14)21-10-8-17(20)19(2)13-15-6-4-9-18-12-15/h3,5,7,11,15,18H,4,6,8-10,12-13H2,1-2H3. The molecule has 1 unspecified atom stereocenters. The number of nitrogens with zero attached hydrogens (tertiary/aromatic N) is 1. The lowest BCUT2D eigenvalue weighted by atomic mass is 9.99. The molecule has 1 fully saturated rings. The number of hydrogen-bond acceptors (Lipinski definition) is 3. The van der Waals surface area contributed by atoms with Crippen LogP contribution in [0.3, 0.4) is 0 Å². The fraction of sp³-hybridized carbons (Fsp3) is 0.588. The van der Waals surface area contributed by atoms with E-state index in [1.807, 2.05) is 43.1 Å². The number of carbonyl (C=O) groups is 1. The van der Waals surface area contributed by atoms with Gasteiger partial charge in [0.1, 0.15) is 5.75 Å². The van der Waals surface area contributed by atoms with Gasteiger partial charge in [-0.2, -0.15) is 0 Å². The monoisotopic (exact) mass is 290 g/mol. The molecule has 1 atom stereocenters. The smallest absolute Gasteiger partial charge is 0.225 e. The highest BCUT2D eigenvalue weighted by Crippen LogP contribution is 2.13. The number of carbonyl (C=O) groups excluding carboxylic acids is 1. The van der Waals surface area contributed by atoms with E-state index in [9.17, 15) is 4.79 Å². The summed E-state index contributed by atoms with van der Waals surface area (Å²) in [5.41, 5.74) is 1.17. The highest BCUT2D eigenvalue weighted by atomic mass is 16.5. The van der Waals surface area contributed by atoms with Crippen LogP contribution in [0.25, 0.3) is 0 Å². The van der Waals surface area contributed by atoms with Gasteiger partial charge in [0.2, 0.25) is 5.91 Å². The zero-order valence-electron chi connectivity index (χ0n) is 13.1. The van der Waals surface area contributed by atoms with E-state index in [2.05, 4.69) is 5.32 Å². The lowest BCUT2D eigenvalue weighted by molar-refractivity contribution is -0.131. The average molecular weight is 290 g/mol. The summed E-state index contributed by atoms with van der Waals surface area (Å²) in [5.74, 6) is 1.58. The predicted molar refractivity (Wildman–Crippen MR) is 84.5 cm³/mol. The van der Waals surface area contributed by atoms with Gasteiger partial charge >= 0.3 is 0 Å². The second-order valence-corrected chi connectivity index (χ2v) is 5.90. The minimum Gasteiger partial charge on any atom is -0.493 e. The molecule has 1 aromatic rings. The summed E-state index contributed by atoms with van der Waals surface area (Å²) >= 11 is 0. The van der Waals surface area contributed by atoms with Crippen molar-refractivity contribution in [3.8, 4) is 5.75 Å². The molecule has 2 rings (SSSR count). The Balaban J connectivity index is 1.68. The highest BCUT2D eigenvalue weighted by Gasteiger charge is 2.17. The lowest BCUT2D eigenvalue weighted by Crippen LogP contribution is -2.39. The maximum Gasteiger partial charge on any atom is 0.225 e. The summed E-state index contributed by atoms with van der Waals surface area (Å²) in [6, 6.07) is 7.91. The van der Waals surface area contributed by atoms with Crippen LogP contribution in [-0.2, 0) is 4.79 Å². The van der Waals surface area contributed by atoms with Gasteiger partial charge < -0.3 is 15.0 Å². The molecule has 1 aliphatic rings. The number of aryl methyl sites for hydroxylation is 1. The highest BCUT2D eigenvalue weighted by molar-refractivity contribution is 5.76. The van der Waals surface area contributed by atoms with Crippen LogP contribution in [0.4, 0.5) is 0 Å². The molecule has 0 spiro atoms. The van der Waals surface area contributed by atoms with E-state index in [1.165, 1.54) is 18.4 Å². The van der Waals surface area contributed by atoms with Gasteiger partial charge in [-0.25, -0.2) is 0 Å². The zero-order chi connectivity index (χ0) is 15.1. The van der Waals surface area contributed by atoms with Crippen LogP contribution in [-0.4, -0.2) is 44.1 Å². The Kier molecular flexibility index (Phi) is 6.05. The number of rotatable bonds is 6. The molecule has 4 heteroatoms. The van der Waals surface area contributed by atoms with E-state index >= 15 is 0 Å². The fourth-order valence-corrected chi connectivity index (χ4v) is 2.72. The van der Waals surface area contributed by atoms with Crippen LogP contribution >= 0.6 is 0 Å². The number of benzene rings is 1. The van der Waals surface area contributed by atoms with Crippen molar-refractivity contribution in [2.24, 2.45) is 5.92 Å². The molecule has 1 aromatic carbocycles. The fourth-order valence-electron chi connectivity index (χ4n) is 2.72. The zero-order valence-corrected chi connectivity index (χ0v) is 13.1. The van der Waals surface area contributed by atoms with Gasteiger partial charge in [0.05, 0.1) is 13.0 Å². The van der Waals surface area contributed by atoms with E-state index in [0.29, 0.717) is 18.9 Å². The summed E-state index contributed by atoms with van der Waals surface area (Å²) in [6.07, 6.45) is 2.86. The largest absolute Gasteiger partial charge is 0.493 e. The average Bonchev–Trinajstić information content (AvgIpc) is 2.48. The Morgan fingerprint density at radius 3 is 3.05 bits per heavy atom. The quantitative estimate of drug-likeness (QED) is 0.873. The van der Waals surface area contributed by atoms with Crippen molar-refractivity contribution in [3.05, 3.63) is 29.8 Å². The third-order valence-corrected chi connectivity index (χ3v) is 3.93. The summed E-state index contributed by atoms with van der Waals surface area (Å²) < 4.78 is 5.64. The number of nitrogens with one attached hydrogen (secondary N) is 1. The molecule has 116 valence electrons. The first-order valence-electron chi connectivity index (χ1n) is 7.79. The van der Waals surface area contributed by atoms with E-state index < -0.39 is 0 Å². The summed E-state index contributed by atoms with van der Waals surface area (Å²) in [4.78, 5) is 13.9. The number of piperidine rings is 1. The Morgan fingerprint density at radius 1 is 1.48 bits per heavy atom. The van der Waals surface area contributed by atoms with Crippen molar-refractivity contribution < 1.29 is 9.53 Å². The van der Waals surface area contributed by atoms with Crippen LogP contribution in [0.2, 0.25) is 0 Å². The molecular weight excluding hydrogens is 264 g/mol. The van der Waals surface area contributed by atoms with Crippen LogP contribution in [0.1, 0.15) is 24.8 Å². The predicted octanol–water partition coefficient (Wildman–Crippen LogP) is 2.22. The Morgan fingerprint density at radius 2 is 2.33 bits per heavy atom. The van der Waals surface area contributed by atoms with Gasteiger partial charge in [0.15, 0.2) is 0 Å². The first-order valence-corrected chi connectivity index (χ1v) is 7.79. The van der Waals surface area contributed by atoms with Crippen LogP contribution in [0.5, 0.6) is 5.75 Å². The van der Waals surface area contributed by atoms with Crippen LogP contribution in [0.15, 0.2) is 24.3 Å². The molecule has 1 heterocycles. The summed E-state index contributed by atoms with van der Waals surface area (Å²) in [5, 5.41) is 3.39. The SMILES string of the molecule is Cc1cccc(OCCC(=O)N(C)CC2CCCNC2)c1. The van der Waals surface area contributed by atoms with Gasteiger partial charge in [0.25, 0.3) is 0 Å². The Hall–Kier alpha value is -1.55. The molecule has 0 aliphatic carbocycles. The normalized spacial score (nSPS) is 18.3. The number of hydrogen-bond donors (Lipinski definition) is 1. The van der Waals surface area contributed by atoms with Gasteiger partial charge in [0, 0.05) is 13.6 Å². The summed E-state index contributed by atoms with van der Waals surface area (Å²) in [6.45, 7) is 5.45. The summed E-state index contributed by atoms with van der Waals surface area (Å²) in [7, 11) is 1.89. The molecule has 1 N–H and O–H groups in total. The molecule has 4 nitrogen and oxygen atoms in total. The second kappa shape index (κ2) is 8.03. The molecule has 1 aliphatic heterocycles. The maximum atomic E-state index is 12.1. The second-order valence-electron chi connectivity index (χ2n) is 5.90. The first kappa shape index (κ1) is 15.8. The van der Waals surface area contributed by atoms with Crippen molar-refractivity contribution in [1.29, 1.82) is 0 Å². The van der Waals surface area contributed by atoms with Gasteiger partial charge in [-0.05, 0) is 56.5 Å². The molecule has 1 amide bonds. The molecule has 1 saturated heterocycles. The van der Waals surface area contributed by atoms with Crippen molar-refractivity contribution in [2.45, 2.75) is 26.2 Å². The number of ether oxygens (including phenoxy) is 1. The number of amides is 1. The van der Waals surface area contributed by atoms with Crippen molar-refractivity contribution in [1.82, 2.24) is 10.2 Å². The minimum atomic E-state index is 0.160. The minimum absolute atomic E-state index is 0.160. The third kappa shape index (κ3) is 5.38. The van der Waals surface area contributed by atoms with Crippen LogP contribution < -0.4 is 10.1 Å². The molecule has 0 bridgehead atoms. The van der Waals surface area contributed by atoms with E-state index in [0.717, 1.165) is 25.4 Å². The Bertz CT molecular complexity index is 456. The molecule has 0 saturated carbocycles. The van der Waals surface area contributed by atoms with Gasteiger partial charge in [-0.15, -0.1) is 0 Å². The van der Waals surface area contributed by atoms with Gasteiger partial charge in [-0.3, -0.25) is 4.79 Å². The Labute approximate surface area is 127 Å². The topological polar surface area (TPSA) is 41.6 Å². The van der Waals surface area contributed by atoms with Gasteiger partial charge in [-0.1, -0.05) is 12.1 Å². The van der Waals surface area contributed by atoms with Crippen LogP contribution in [0, 0.1) is 12.8 Å². The van der Waals surface area contributed by atoms with E-state index in [-0.39, 0.29) is 5.91 Å². The first-order chi connectivity index (χ1) is 10.1. The van der Waals surface area contributed by atoms with Crippen molar-refractivity contribution in [2.75, 3.05) is 33.3 Å². The molecule has 0 radical (unpaired) electrons. The van der Waals surface area contributed by atoms with E-state index in [4.69, 9.17) is 4.74 Å². The van der Waals surface area contributed by atoms with Crippen molar-refractivity contribution >= 4 is 5.91 Å². The maximum absolute atomic E-state index is 12.1. The lowest BCUT2D eigenvalue weighted by Gasteiger charge is -2.27. The third-order valence-electron chi connectivity index (χ3n) is 3.93. The molecule has 21 heavy (non-hydrogen) atoms. The van der Waals surface area contributed by atoms with Crippen molar-refractivity contribution in [3.63, 3.8) is 0 Å². The van der Waals surface area contributed by atoms with E-state index in [1.54, 1.807) is 0 Å². The molecule has 0 aromatic heterocycles. The molecular formula is C17H26N2O2.